The van der Waals surface area contributed by atoms with Gasteiger partial charge in [-0.2, -0.15) is 0 Å². The highest BCUT2D eigenvalue weighted by Crippen LogP contribution is 2.39. The van der Waals surface area contributed by atoms with Gasteiger partial charge in [-0.3, -0.25) is 4.79 Å². The van der Waals surface area contributed by atoms with Crippen LogP contribution < -0.4 is 0 Å². The van der Waals surface area contributed by atoms with Gasteiger partial charge in [0.25, 0.3) is 0 Å². The number of H-pyrrole nitrogens is 1. The molecule has 0 aromatic carbocycles. The third kappa shape index (κ3) is 2.18. The molecule has 1 atom stereocenters. The molecule has 22 heavy (non-hydrogen) atoms. The molecule has 116 valence electrons. The number of sulfone groups is 1. The van der Waals surface area contributed by atoms with Crippen molar-refractivity contribution in [1.82, 2.24) is 9.55 Å². The Labute approximate surface area is 128 Å². The maximum absolute atomic E-state index is 12.5. The van der Waals surface area contributed by atoms with Gasteiger partial charge in [0.05, 0.1) is 22.3 Å². The smallest absolute Gasteiger partial charge is 0.312 e. The molecule has 3 rings (SSSR count). The van der Waals surface area contributed by atoms with E-state index in [1.807, 2.05) is 0 Å². The Morgan fingerprint density at radius 2 is 2.32 bits per heavy atom. The fourth-order valence-corrected chi connectivity index (χ4v) is 4.29. The van der Waals surface area contributed by atoms with Gasteiger partial charge in [-0.25, -0.2) is 8.42 Å². The summed E-state index contributed by atoms with van der Waals surface area (Å²) in [6.07, 6.45) is 5.24. The Kier molecular flexibility index (Phi) is 3.44. The third-order valence-electron chi connectivity index (χ3n) is 3.93. The minimum atomic E-state index is -3.54. The standard InChI is InChI=1S/C15H16N2O4S/c1-2-7-22(20,21)13-8-12-11(15(18)19)4-6-17(12)14(13)10-3-5-16-9-10/h2-3,5,8-9,11,16H,1,4,6-7H2,(H,18,19). The summed E-state index contributed by atoms with van der Waals surface area (Å²) in [5.74, 6) is -1.76. The number of rotatable bonds is 5. The molecule has 0 aliphatic carbocycles. The Morgan fingerprint density at radius 3 is 2.91 bits per heavy atom. The van der Waals surface area contributed by atoms with Crippen LogP contribution in [0.3, 0.4) is 0 Å². The first-order valence-corrected chi connectivity index (χ1v) is 8.54. The number of carboxylic acid groups (broad SMARTS) is 1. The van der Waals surface area contributed by atoms with E-state index in [1.165, 1.54) is 12.1 Å². The van der Waals surface area contributed by atoms with Crippen LogP contribution in [-0.4, -0.2) is 34.8 Å². The largest absolute Gasteiger partial charge is 0.481 e. The normalized spacial score (nSPS) is 17.4. The van der Waals surface area contributed by atoms with Crippen molar-refractivity contribution in [3.05, 3.63) is 42.9 Å². The van der Waals surface area contributed by atoms with Crippen molar-refractivity contribution in [1.29, 1.82) is 0 Å². The molecule has 0 fully saturated rings. The molecule has 0 spiro atoms. The molecule has 0 amide bonds. The summed E-state index contributed by atoms with van der Waals surface area (Å²) in [4.78, 5) is 14.4. The second-order valence-corrected chi connectivity index (χ2v) is 7.29. The highest BCUT2D eigenvalue weighted by atomic mass is 32.2. The van der Waals surface area contributed by atoms with Crippen molar-refractivity contribution in [3.63, 3.8) is 0 Å². The fourth-order valence-electron chi connectivity index (χ4n) is 2.98. The first-order valence-electron chi connectivity index (χ1n) is 6.88. The van der Waals surface area contributed by atoms with Crippen LogP contribution in [0.25, 0.3) is 11.3 Å². The molecule has 7 heteroatoms. The topological polar surface area (TPSA) is 92.2 Å². The van der Waals surface area contributed by atoms with E-state index in [0.29, 0.717) is 24.4 Å². The molecule has 0 saturated carbocycles. The van der Waals surface area contributed by atoms with Crippen LogP contribution in [0.4, 0.5) is 0 Å². The van der Waals surface area contributed by atoms with Crippen molar-refractivity contribution >= 4 is 15.8 Å². The molecule has 2 aromatic heterocycles. The van der Waals surface area contributed by atoms with E-state index in [4.69, 9.17) is 0 Å². The summed E-state index contributed by atoms with van der Waals surface area (Å²) in [6, 6.07) is 3.29. The van der Waals surface area contributed by atoms with Gasteiger partial charge in [-0.15, -0.1) is 6.58 Å². The van der Waals surface area contributed by atoms with Crippen LogP contribution in [0.15, 0.2) is 42.1 Å². The van der Waals surface area contributed by atoms with Gasteiger partial charge in [-0.05, 0) is 18.6 Å². The van der Waals surface area contributed by atoms with E-state index in [1.54, 1.807) is 23.0 Å². The molecular formula is C15H16N2O4S. The highest BCUT2D eigenvalue weighted by Gasteiger charge is 2.35. The van der Waals surface area contributed by atoms with E-state index < -0.39 is 21.7 Å². The van der Waals surface area contributed by atoms with Gasteiger partial charge in [-0.1, -0.05) is 6.08 Å². The number of aromatic nitrogens is 2. The lowest BCUT2D eigenvalue weighted by molar-refractivity contribution is -0.138. The van der Waals surface area contributed by atoms with E-state index in [0.717, 1.165) is 5.56 Å². The molecule has 1 aliphatic rings. The van der Waals surface area contributed by atoms with Crippen LogP contribution in [0.2, 0.25) is 0 Å². The summed E-state index contributed by atoms with van der Waals surface area (Å²) in [7, 11) is -3.54. The summed E-state index contributed by atoms with van der Waals surface area (Å²) >= 11 is 0. The molecule has 2 N–H and O–H groups in total. The Morgan fingerprint density at radius 1 is 1.55 bits per heavy atom. The number of hydrogen-bond donors (Lipinski definition) is 2. The zero-order valence-corrected chi connectivity index (χ0v) is 12.6. The predicted molar refractivity (Wildman–Crippen MR) is 81.5 cm³/mol. The van der Waals surface area contributed by atoms with Gasteiger partial charge in [0.15, 0.2) is 9.84 Å². The Bertz CT molecular complexity index is 831. The van der Waals surface area contributed by atoms with Gasteiger partial charge in [0.1, 0.15) is 0 Å². The van der Waals surface area contributed by atoms with Gasteiger partial charge in [0.2, 0.25) is 0 Å². The van der Waals surface area contributed by atoms with E-state index >= 15 is 0 Å². The van der Waals surface area contributed by atoms with Crippen LogP contribution >= 0.6 is 0 Å². The fraction of sp³-hybridized carbons (Fsp3) is 0.267. The van der Waals surface area contributed by atoms with Crippen molar-refractivity contribution in [3.8, 4) is 11.3 Å². The zero-order valence-electron chi connectivity index (χ0n) is 11.8. The molecule has 6 nitrogen and oxygen atoms in total. The number of nitrogens with one attached hydrogen (secondary N) is 1. The number of aromatic amines is 1. The number of nitrogens with zero attached hydrogens (tertiary/aromatic N) is 1. The molecular weight excluding hydrogens is 304 g/mol. The monoisotopic (exact) mass is 320 g/mol. The number of carbonyl (C=O) groups is 1. The summed E-state index contributed by atoms with van der Waals surface area (Å²) in [5.41, 5.74) is 1.84. The van der Waals surface area contributed by atoms with E-state index in [2.05, 4.69) is 11.6 Å². The first kappa shape index (κ1) is 14.6. The Balaban J connectivity index is 2.25. The number of hydrogen-bond acceptors (Lipinski definition) is 3. The number of carboxylic acids is 1. The summed E-state index contributed by atoms with van der Waals surface area (Å²) < 4.78 is 26.8. The van der Waals surface area contributed by atoms with Crippen LogP contribution in [-0.2, 0) is 21.2 Å². The second kappa shape index (κ2) is 5.17. The lowest BCUT2D eigenvalue weighted by Crippen LogP contribution is -2.08. The molecule has 3 heterocycles. The molecule has 1 unspecified atom stereocenters. The maximum atomic E-state index is 12.5. The lowest BCUT2D eigenvalue weighted by atomic mass is 10.1. The van der Waals surface area contributed by atoms with Crippen LogP contribution in [0, 0.1) is 0 Å². The molecule has 0 radical (unpaired) electrons. The van der Waals surface area contributed by atoms with Crippen molar-refractivity contribution in [2.75, 3.05) is 5.75 Å². The SMILES string of the molecule is C=CCS(=O)(=O)c1cc2n(c1-c1cc[nH]c1)CCC2C(=O)O. The summed E-state index contributed by atoms with van der Waals surface area (Å²) in [6.45, 7) is 3.98. The average Bonchev–Trinajstić information content (AvgIpc) is 3.13. The first-order chi connectivity index (χ1) is 10.5. The van der Waals surface area contributed by atoms with E-state index in [-0.39, 0.29) is 10.6 Å². The zero-order chi connectivity index (χ0) is 15.9. The summed E-state index contributed by atoms with van der Waals surface area (Å²) in [5, 5.41) is 9.31. The van der Waals surface area contributed by atoms with Crippen LogP contribution in [0.5, 0.6) is 0 Å². The second-order valence-electron chi connectivity index (χ2n) is 5.28. The minimum Gasteiger partial charge on any atom is -0.481 e. The minimum absolute atomic E-state index is 0.174. The maximum Gasteiger partial charge on any atom is 0.312 e. The lowest BCUT2D eigenvalue weighted by Gasteiger charge is -2.08. The van der Waals surface area contributed by atoms with Crippen molar-refractivity contribution in [2.45, 2.75) is 23.8 Å². The van der Waals surface area contributed by atoms with Gasteiger partial charge >= 0.3 is 5.97 Å². The van der Waals surface area contributed by atoms with Crippen molar-refractivity contribution < 1.29 is 18.3 Å². The quantitative estimate of drug-likeness (QED) is 0.824. The van der Waals surface area contributed by atoms with Crippen LogP contribution in [0.1, 0.15) is 18.0 Å². The van der Waals surface area contributed by atoms with Crippen molar-refractivity contribution in [2.24, 2.45) is 0 Å². The Hall–Kier alpha value is -2.28. The molecule has 1 aliphatic heterocycles. The molecule has 0 saturated heterocycles. The predicted octanol–water partition coefficient (Wildman–Crippen LogP) is 2.01. The van der Waals surface area contributed by atoms with Gasteiger partial charge in [0, 0.05) is 30.2 Å². The number of fused-ring (bicyclic) bond motifs is 1. The van der Waals surface area contributed by atoms with Gasteiger partial charge < -0.3 is 14.7 Å². The van der Waals surface area contributed by atoms with E-state index in [9.17, 15) is 18.3 Å². The highest BCUT2D eigenvalue weighted by molar-refractivity contribution is 7.91. The number of aliphatic carboxylic acids is 1. The molecule has 2 aromatic rings. The average molecular weight is 320 g/mol. The molecule has 0 bridgehead atoms. The third-order valence-corrected chi connectivity index (χ3v) is 5.59.